The van der Waals surface area contributed by atoms with E-state index in [1.807, 2.05) is 0 Å². The number of fused-ring (bicyclic) bond motifs is 1. The number of benzene rings is 1. The summed E-state index contributed by atoms with van der Waals surface area (Å²) in [6.45, 7) is 7.66. The molecule has 0 amide bonds. The minimum absolute atomic E-state index is 0.416. The highest BCUT2D eigenvalue weighted by molar-refractivity contribution is 9.10. The Bertz CT molecular complexity index is 419. The third-order valence-corrected chi connectivity index (χ3v) is 4.05. The van der Waals surface area contributed by atoms with Crippen LogP contribution in [0.3, 0.4) is 0 Å². The van der Waals surface area contributed by atoms with Gasteiger partial charge in [0, 0.05) is 22.1 Å². The summed E-state index contributed by atoms with van der Waals surface area (Å²) in [5.41, 5.74) is 1.30. The van der Waals surface area contributed by atoms with Gasteiger partial charge >= 0.3 is 0 Å². The maximum absolute atomic E-state index is 5.85. The van der Waals surface area contributed by atoms with E-state index in [-0.39, 0.29) is 0 Å². The van der Waals surface area contributed by atoms with Crippen molar-refractivity contribution in [2.75, 3.05) is 6.61 Å². The summed E-state index contributed by atoms with van der Waals surface area (Å²) in [7, 11) is 0. The molecule has 2 rings (SSSR count). The number of halogens is 1. The van der Waals surface area contributed by atoms with Crippen molar-refractivity contribution in [2.24, 2.45) is 5.92 Å². The van der Waals surface area contributed by atoms with Crippen molar-refractivity contribution < 1.29 is 4.74 Å². The minimum Gasteiger partial charge on any atom is -0.493 e. The van der Waals surface area contributed by atoms with Crippen LogP contribution in [0.4, 0.5) is 0 Å². The lowest BCUT2D eigenvalue weighted by Gasteiger charge is -2.24. The predicted octanol–water partition coefficient (Wildman–Crippen LogP) is 4.69. The van der Waals surface area contributed by atoms with E-state index in [1.54, 1.807) is 0 Å². The second-order valence-electron chi connectivity index (χ2n) is 5.92. The van der Waals surface area contributed by atoms with Gasteiger partial charge in [0.15, 0.2) is 0 Å². The van der Waals surface area contributed by atoms with Crippen molar-refractivity contribution in [2.45, 2.75) is 52.1 Å². The molecule has 106 valence electrons. The van der Waals surface area contributed by atoms with E-state index in [9.17, 15) is 0 Å². The fraction of sp³-hybridized carbons (Fsp3) is 0.625. The van der Waals surface area contributed by atoms with Crippen LogP contribution in [0.25, 0.3) is 0 Å². The molecule has 0 bridgehead atoms. The molecule has 1 heterocycles. The Labute approximate surface area is 125 Å². The van der Waals surface area contributed by atoms with Gasteiger partial charge in [-0.25, -0.2) is 0 Å². The fourth-order valence-corrected chi connectivity index (χ4v) is 3.18. The zero-order valence-corrected chi connectivity index (χ0v) is 13.7. The van der Waals surface area contributed by atoms with E-state index in [2.05, 4.69) is 60.2 Å². The van der Waals surface area contributed by atoms with E-state index in [0.29, 0.717) is 12.1 Å². The van der Waals surface area contributed by atoms with E-state index in [1.165, 1.54) is 12.0 Å². The molecule has 1 aliphatic heterocycles. The SMILES string of the molecule is CC(C)CC(C)NC1CCCOc2cc(Br)ccc21. The summed E-state index contributed by atoms with van der Waals surface area (Å²) in [5, 5.41) is 3.77. The topological polar surface area (TPSA) is 21.3 Å². The van der Waals surface area contributed by atoms with Gasteiger partial charge in [0.25, 0.3) is 0 Å². The summed E-state index contributed by atoms with van der Waals surface area (Å²) in [6.07, 6.45) is 3.47. The molecule has 0 radical (unpaired) electrons. The van der Waals surface area contributed by atoms with Gasteiger partial charge in [-0.2, -0.15) is 0 Å². The number of rotatable bonds is 4. The van der Waals surface area contributed by atoms with E-state index >= 15 is 0 Å². The molecule has 0 saturated carbocycles. The summed E-state index contributed by atoms with van der Waals surface area (Å²) in [4.78, 5) is 0. The van der Waals surface area contributed by atoms with Crippen molar-refractivity contribution in [3.8, 4) is 5.75 Å². The van der Waals surface area contributed by atoms with Crippen LogP contribution in [-0.2, 0) is 0 Å². The Kier molecular flexibility index (Phi) is 5.28. The lowest BCUT2D eigenvalue weighted by molar-refractivity contribution is 0.313. The average Bonchev–Trinajstić information content (AvgIpc) is 2.50. The van der Waals surface area contributed by atoms with Crippen LogP contribution in [-0.4, -0.2) is 12.6 Å². The Morgan fingerprint density at radius 2 is 2.16 bits per heavy atom. The molecule has 0 aromatic heterocycles. The van der Waals surface area contributed by atoms with Gasteiger partial charge in [-0.15, -0.1) is 0 Å². The molecule has 2 unspecified atom stereocenters. The van der Waals surface area contributed by atoms with Crippen molar-refractivity contribution in [3.63, 3.8) is 0 Å². The molecule has 0 saturated heterocycles. The van der Waals surface area contributed by atoms with Gasteiger partial charge in [0.1, 0.15) is 5.75 Å². The summed E-state index contributed by atoms with van der Waals surface area (Å²) in [5.74, 6) is 1.76. The maximum Gasteiger partial charge on any atom is 0.125 e. The highest BCUT2D eigenvalue weighted by Gasteiger charge is 2.21. The Morgan fingerprint density at radius 1 is 1.37 bits per heavy atom. The van der Waals surface area contributed by atoms with Crippen molar-refractivity contribution in [1.29, 1.82) is 0 Å². The zero-order valence-electron chi connectivity index (χ0n) is 12.1. The Hall–Kier alpha value is -0.540. The second kappa shape index (κ2) is 6.76. The van der Waals surface area contributed by atoms with Gasteiger partial charge in [-0.05, 0) is 44.2 Å². The first-order chi connectivity index (χ1) is 9.06. The molecule has 2 nitrogen and oxygen atoms in total. The van der Waals surface area contributed by atoms with Gasteiger partial charge in [0.05, 0.1) is 6.61 Å². The third kappa shape index (κ3) is 4.22. The summed E-state index contributed by atoms with van der Waals surface area (Å²) in [6, 6.07) is 7.33. The summed E-state index contributed by atoms with van der Waals surface area (Å²) >= 11 is 3.52. The predicted molar refractivity (Wildman–Crippen MR) is 83.7 cm³/mol. The smallest absolute Gasteiger partial charge is 0.125 e. The number of hydrogen-bond donors (Lipinski definition) is 1. The van der Waals surface area contributed by atoms with E-state index in [4.69, 9.17) is 4.74 Å². The number of nitrogens with one attached hydrogen (secondary N) is 1. The molecule has 1 aromatic rings. The molecule has 0 spiro atoms. The number of hydrogen-bond acceptors (Lipinski definition) is 2. The minimum atomic E-state index is 0.416. The van der Waals surface area contributed by atoms with Crippen molar-refractivity contribution in [1.82, 2.24) is 5.32 Å². The molecule has 1 aromatic carbocycles. The molecular formula is C16H24BrNO. The van der Waals surface area contributed by atoms with E-state index in [0.717, 1.165) is 35.6 Å². The second-order valence-corrected chi connectivity index (χ2v) is 6.84. The molecule has 19 heavy (non-hydrogen) atoms. The molecule has 0 aliphatic carbocycles. The zero-order chi connectivity index (χ0) is 13.8. The average molecular weight is 326 g/mol. The first kappa shape index (κ1) is 14.9. The largest absolute Gasteiger partial charge is 0.493 e. The number of ether oxygens (including phenoxy) is 1. The highest BCUT2D eigenvalue weighted by Crippen LogP contribution is 2.34. The van der Waals surface area contributed by atoms with Crippen LogP contribution >= 0.6 is 15.9 Å². The van der Waals surface area contributed by atoms with Gasteiger partial charge in [-0.1, -0.05) is 35.8 Å². The normalized spacial score (nSPS) is 20.6. The quantitative estimate of drug-likeness (QED) is 0.867. The van der Waals surface area contributed by atoms with Crippen molar-refractivity contribution >= 4 is 15.9 Å². The van der Waals surface area contributed by atoms with Crippen LogP contribution in [0.2, 0.25) is 0 Å². The fourth-order valence-electron chi connectivity index (χ4n) is 2.84. The Balaban J connectivity index is 2.13. The van der Waals surface area contributed by atoms with Gasteiger partial charge in [-0.3, -0.25) is 0 Å². The van der Waals surface area contributed by atoms with Gasteiger partial charge < -0.3 is 10.1 Å². The van der Waals surface area contributed by atoms with Crippen LogP contribution in [0.1, 0.15) is 51.6 Å². The highest BCUT2D eigenvalue weighted by atomic mass is 79.9. The summed E-state index contributed by atoms with van der Waals surface area (Å²) < 4.78 is 6.94. The third-order valence-electron chi connectivity index (χ3n) is 3.56. The van der Waals surface area contributed by atoms with Gasteiger partial charge in [0.2, 0.25) is 0 Å². The van der Waals surface area contributed by atoms with E-state index < -0.39 is 0 Å². The molecular weight excluding hydrogens is 302 g/mol. The molecule has 1 N–H and O–H groups in total. The van der Waals surface area contributed by atoms with Crippen molar-refractivity contribution in [3.05, 3.63) is 28.2 Å². The first-order valence-electron chi connectivity index (χ1n) is 7.24. The Morgan fingerprint density at radius 3 is 2.89 bits per heavy atom. The van der Waals surface area contributed by atoms with Crippen LogP contribution in [0, 0.1) is 5.92 Å². The molecule has 3 heteroatoms. The van der Waals surface area contributed by atoms with Crippen LogP contribution in [0.5, 0.6) is 5.75 Å². The lowest BCUT2D eigenvalue weighted by Crippen LogP contribution is -2.31. The lowest BCUT2D eigenvalue weighted by atomic mass is 9.99. The molecule has 2 atom stereocenters. The van der Waals surface area contributed by atoms with Crippen LogP contribution < -0.4 is 10.1 Å². The molecule has 0 fully saturated rings. The molecule has 1 aliphatic rings. The monoisotopic (exact) mass is 325 g/mol. The van der Waals surface area contributed by atoms with Crippen LogP contribution in [0.15, 0.2) is 22.7 Å². The first-order valence-corrected chi connectivity index (χ1v) is 8.04. The standard InChI is InChI=1S/C16H24BrNO/c1-11(2)9-12(3)18-15-5-4-8-19-16-10-13(17)6-7-14(15)16/h6-7,10-12,15,18H,4-5,8-9H2,1-3H3. The maximum atomic E-state index is 5.85.